The normalized spacial score (nSPS) is 17.2. The van der Waals surface area contributed by atoms with Gasteiger partial charge in [0.05, 0.1) is 25.7 Å². The molecule has 0 aromatic heterocycles. The van der Waals surface area contributed by atoms with Crippen LogP contribution in [-0.2, 0) is 27.2 Å². The van der Waals surface area contributed by atoms with Crippen LogP contribution in [0.1, 0.15) is 49.8 Å². The fraction of sp³-hybridized carbons (Fsp3) is 0.552. The number of likely N-dealkylation sites (tertiary alicyclic amines) is 1. The van der Waals surface area contributed by atoms with E-state index in [2.05, 4.69) is 41.0 Å². The minimum absolute atomic E-state index is 0. The Morgan fingerprint density at radius 1 is 1.00 bits per heavy atom. The first kappa shape index (κ1) is 28.5. The highest BCUT2D eigenvalue weighted by atomic mass is 35.5. The smallest absolute Gasteiger partial charge is 0.227 e. The number of benzene rings is 2. The highest BCUT2D eigenvalue weighted by Gasteiger charge is 2.29. The molecule has 0 spiro atoms. The molecule has 0 radical (unpaired) electrons. The van der Waals surface area contributed by atoms with Crippen molar-refractivity contribution in [3.63, 3.8) is 0 Å². The number of aryl methyl sites for hydroxylation is 1. The van der Waals surface area contributed by atoms with Crippen molar-refractivity contribution in [2.24, 2.45) is 0 Å². The number of halogens is 1. The molecule has 0 atom stereocenters. The number of amides is 1. The summed E-state index contributed by atoms with van der Waals surface area (Å²) in [5.74, 6) is 1.03. The lowest BCUT2D eigenvalue weighted by molar-refractivity contribution is -0.134. The number of carbonyl (C=O) groups excluding carboxylic acids is 1. The molecule has 198 valence electrons. The minimum atomic E-state index is -0.0512. The molecule has 2 aromatic carbocycles. The molecular weight excluding hydrogens is 476 g/mol. The predicted molar refractivity (Wildman–Crippen MR) is 145 cm³/mol. The van der Waals surface area contributed by atoms with Gasteiger partial charge in [0, 0.05) is 38.6 Å². The zero-order valence-electron chi connectivity index (χ0n) is 21.9. The molecule has 2 saturated heterocycles. The Morgan fingerprint density at radius 3 is 2.22 bits per heavy atom. The summed E-state index contributed by atoms with van der Waals surface area (Å²) in [5, 5.41) is 0. The topological polar surface area (TPSA) is 51.2 Å². The van der Waals surface area contributed by atoms with E-state index in [1.165, 1.54) is 11.1 Å². The van der Waals surface area contributed by atoms with Gasteiger partial charge in [0.2, 0.25) is 5.91 Å². The van der Waals surface area contributed by atoms with Gasteiger partial charge in [0.15, 0.2) is 6.29 Å². The first-order chi connectivity index (χ1) is 17.0. The van der Waals surface area contributed by atoms with E-state index >= 15 is 0 Å². The van der Waals surface area contributed by atoms with Crippen LogP contribution in [0.25, 0.3) is 0 Å². The van der Waals surface area contributed by atoms with E-state index in [1.807, 2.05) is 38.1 Å². The molecule has 2 aromatic rings. The third kappa shape index (κ3) is 8.48. The summed E-state index contributed by atoms with van der Waals surface area (Å²) < 4.78 is 16.9. The lowest BCUT2D eigenvalue weighted by atomic mass is 10.00. The van der Waals surface area contributed by atoms with E-state index in [9.17, 15) is 4.79 Å². The molecule has 6 nitrogen and oxygen atoms in total. The molecule has 4 rings (SSSR count). The maximum absolute atomic E-state index is 13.6. The Labute approximate surface area is 222 Å². The van der Waals surface area contributed by atoms with Gasteiger partial charge in [-0.1, -0.05) is 42.0 Å². The molecule has 0 unspecified atom stereocenters. The Bertz CT molecular complexity index is 921. The van der Waals surface area contributed by atoms with Crippen LogP contribution < -0.4 is 4.74 Å². The molecule has 0 N–H and O–H groups in total. The molecule has 2 fully saturated rings. The van der Waals surface area contributed by atoms with Gasteiger partial charge >= 0.3 is 0 Å². The van der Waals surface area contributed by atoms with Crippen LogP contribution in [0, 0.1) is 6.92 Å². The summed E-state index contributed by atoms with van der Waals surface area (Å²) in [6.07, 6.45) is 3.38. The lowest BCUT2D eigenvalue weighted by Crippen LogP contribution is -2.48. The second kappa shape index (κ2) is 14.0. The molecule has 0 saturated carbocycles. The van der Waals surface area contributed by atoms with E-state index in [1.54, 1.807) is 0 Å². The summed E-state index contributed by atoms with van der Waals surface area (Å²) in [6, 6.07) is 16.7. The number of carbonyl (C=O) groups is 1. The van der Waals surface area contributed by atoms with Crippen LogP contribution in [0.4, 0.5) is 0 Å². The standard InChI is InChI=1S/C29H40N2O4.ClH/c1-22(2)35-27-10-8-24(9-11-27)20-28(32)31(21-25-6-4-23(3)5-7-25)26-12-15-30(16-13-26)17-14-29-33-18-19-34-29;/h4-11,22,26,29H,12-21H2,1-3H3;1H. The van der Waals surface area contributed by atoms with Crippen LogP contribution in [-0.4, -0.2) is 67.0 Å². The average molecular weight is 517 g/mol. The van der Waals surface area contributed by atoms with Crippen LogP contribution in [0.3, 0.4) is 0 Å². The van der Waals surface area contributed by atoms with Gasteiger partial charge in [-0.25, -0.2) is 0 Å². The zero-order valence-corrected chi connectivity index (χ0v) is 22.7. The van der Waals surface area contributed by atoms with Gasteiger partial charge in [-0.15, -0.1) is 12.4 Å². The zero-order chi connectivity index (χ0) is 24.6. The SMILES string of the molecule is Cc1ccc(CN(C(=O)Cc2ccc(OC(C)C)cc2)C2CCN(CCC3OCCO3)CC2)cc1.Cl. The second-order valence-electron chi connectivity index (χ2n) is 10.0. The Kier molecular flexibility index (Phi) is 11.1. The van der Waals surface area contributed by atoms with Gasteiger partial charge in [0.1, 0.15) is 5.75 Å². The maximum atomic E-state index is 13.6. The van der Waals surface area contributed by atoms with E-state index in [0.29, 0.717) is 26.2 Å². The van der Waals surface area contributed by atoms with Crippen molar-refractivity contribution in [1.82, 2.24) is 9.80 Å². The number of rotatable bonds is 10. The average Bonchev–Trinajstić information content (AvgIpc) is 3.37. The molecule has 0 aliphatic carbocycles. The van der Waals surface area contributed by atoms with Crippen molar-refractivity contribution in [1.29, 1.82) is 0 Å². The lowest BCUT2D eigenvalue weighted by Gasteiger charge is -2.39. The van der Waals surface area contributed by atoms with E-state index < -0.39 is 0 Å². The van der Waals surface area contributed by atoms with Gasteiger partial charge in [-0.2, -0.15) is 0 Å². The number of hydrogen-bond acceptors (Lipinski definition) is 5. The molecule has 2 aliphatic rings. The monoisotopic (exact) mass is 516 g/mol. The summed E-state index contributed by atoms with van der Waals surface area (Å²) in [4.78, 5) is 18.2. The fourth-order valence-corrected chi connectivity index (χ4v) is 4.86. The summed E-state index contributed by atoms with van der Waals surface area (Å²) >= 11 is 0. The van der Waals surface area contributed by atoms with E-state index in [0.717, 1.165) is 50.2 Å². The van der Waals surface area contributed by atoms with Crippen LogP contribution in [0.15, 0.2) is 48.5 Å². The highest BCUT2D eigenvalue weighted by molar-refractivity contribution is 5.85. The van der Waals surface area contributed by atoms with Gasteiger partial charge in [0.25, 0.3) is 0 Å². The van der Waals surface area contributed by atoms with Crippen molar-refractivity contribution in [2.45, 2.75) is 71.4 Å². The van der Waals surface area contributed by atoms with Crippen LogP contribution in [0.5, 0.6) is 5.75 Å². The van der Waals surface area contributed by atoms with E-state index in [-0.39, 0.29) is 36.8 Å². The summed E-state index contributed by atoms with van der Waals surface area (Å²) in [6.45, 7) is 11.2. The van der Waals surface area contributed by atoms with Crippen molar-refractivity contribution in [3.05, 3.63) is 65.2 Å². The summed E-state index contributed by atoms with van der Waals surface area (Å²) in [5.41, 5.74) is 3.44. The molecular formula is C29H41ClN2O4. The van der Waals surface area contributed by atoms with Crippen molar-refractivity contribution >= 4 is 18.3 Å². The number of hydrogen-bond donors (Lipinski definition) is 0. The van der Waals surface area contributed by atoms with Crippen LogP contribution >= 0.6 is 12.4 Å². The first-order valence-electron chi connectivity index (χ1n) is 13.0. The fourth-order valence-electron chi connectivity index (χ4n) is 4.86. The van der Waals surface area contributed by atoms with Gasteiger partial charge in [-0.3, -0.25) is 4.79 Å². The third-order valence-corrected chi connectivity index (χ3v) is 6.81. The molecule has 2 heterocycles. The molecule has 0 bridgehead atoms. The molecule has 2 aliphatic heterocycles. The first-order valence-corrected chi connectivity index (χ1v) is 13.0. The number of piperidine rings is 1. The molecule has 36 heavy (non-hydrogen) atoms. The number of ether oxygens (including phenoxy) is 3. The third-order valence-electron chi connectivity index (χ3n) is 6.81. The van der Waals surface area contributed by atoms with Gasteiger partial charge in [-0.05, 0) is 56.9 Å². The highest BCUT2D eigenvalue weighted by Crippen LogP contribution is 2.22. The van der Waals surface area contributed by atoms with Crippen molar-refractivity contribution in [2.75, 3.05) is 32.8 Å². The largest absolute Gasteiger partial charge is 0.491 e. The Balaban J connectivity index is 0.00000361. The van der Waals surface area contributed by atoms with Gasteiger partial charge < -0.3 is 24.0 Å². The van der Waals surface area contributed by atoms with Crippen LogP contribution in [0.2, 0.25) is 0 Å². The molecule has 7 heteroatoms. The quantitative estimate of drug-likeness (QED) is 0.444. The Hall–Kier alpha value is -2.12. The Morgan fingerprint density at radius 2 is 1.61 bits per heavy atom. The van der Waals surface area contributed by atoms with E-state index in [4.69, 9.17) is 14.2 Å². The second-order valence-corrected chi connectivity index (χ2v) is 10.0. The summed E-state index contributed by atoms with van der Waals surface area (Å²) in [7, 11) is 0. The number of nitrogens with zero attached hydrogens (tertiary/aromatic N) is 2. The molecule has 1 amide bonds. The van der Waals surface area contributed by atoms with Crippen molar-refractivity contribution in [3.8, 4) is 5.75 Å². The maximum Gasteiger partial charge on any atom is 0.227 e. The van der Waals surface area contributed by atoms with Crippen molar-refractivity contribution < 1.29 is 19.0 Å². The predicted octanol–water partition coefficient (Wildman–Crippen LogP) is 5.00. The minimum Gasteiger partial charge on any atom is -0.491 e.